The number of rotatable bonds is 4. The molecule has 5 nitrogen and oxygen atoms in total. The molecule has 0 radical (unpaired) electrons. The Kier molecular flexibility index (Phi) is 5.41. The third-order valence-corrected chi connectivity index (χ3v) is 5.13. The zero-order valence-electron chi connectivity index (χ0n) is 15.9. The molecule has 2 aromatic carbocycles. The van der Waals surface area contributed by atoms with Gasteiger partial charge in [-0.25, -0.2) is 4.79 Å². The lowest BCUT2D eigenvalue weighted by Crippen LogP contribution is -2.31. The molecule has 0 spiro atoms. The minimum atomic E-state index is -0.439. The summed E-state index contributed by atoms with van der Waals surface area (Å²) in [7, 11) is 0. The molecule has 1 fully saturated rings. The zero-order valence-corrected chi connectivity index (χ0v) is 16.7. The molecule has 0 aliphatic carbocycles. The first-order chi connectivity index (χ1) is 14.0. The summed E-state index contributed by atoms with van der Waals surface area (Å²) < 4.78 is 10.8. The van der Waals surface area contributed by atoms with Crippen molar-refractivity contribution in [2.45, 2.75) is 19.4 Å². The van der Waals surface area contributed by atoms with Gasteiger partial charge in [-0.05, 0) is 42.3 Å². The van der Waals surface area contributed by atoms with Crippen LogP contribution in [0.25, 0.3) is 11.1 Å². The highest BCUT2D eigenvalue weighted by Crippen LogP contribution is 2.24. The third kappa shape index (κ3) is 4.51. The van der Waals surface area contributed by atoms with Crippen molar-refractivity contribution in [2.75, 3.05) is 13.1 Å². The van der Waals surface area contributed by atoms with E-state index in [1.165, 1.54) is 6.07 Å². The van der Waals surface area contributed by atoms with Crippen LogP contribution in [0.15, 0.2) is 69.9 Å². The van der Waals surface area contributed by atoms with Crippen LogP contribution in [-0.4, -0.2) is 30.0 Å². The monoisotopic (exact) mass is 409 g/mol. The molecule has 1 unspecified atom stereocenters. The van der Waals surface area contributed by atoms with Crippen molar-refractivity contribution in [3.63, 3.8) is 0 Å². The third-order valence-electron chi connectivity index (χ3n) is 4.89. The SMILES string of the molecule is Cc1cc(OC2CCN(C(=O)c3ccc(-c4cccc(Cl)c4)cc3)C2)cc(=O)o1. The second-order valence-corrected chi connectivity index (χ2v) is 7.53. The molecule has 2 heterocycles. The lowest BCUT2D eigenvalue weighted by atomic mass is 10.0. The number of hydrogen-bond donors (Lipinski definition) is 0. The fourth-order valence-corrected chi connectivity index (χ4v) is 3.69. The molecule has 1 amide bonds. The fraction of sp³-hybridized carbons (Fsp3) is 0.217. The molecule has 1 saturated heterocycles. The first kappa shape index (κ1) is 19.3. The smallest absolute Gasteiger partial charge is 0.339 e. The quantitative estimate of drug-likeness (QED) is 0.633. The molecular weight excluding hydrogens is 390 g/mol. The standard InChI is InChI=1S/C23H20ClNO4/c1-15-11-21(13-22(26)28-15)29-20-9-10-25(14-20)23(27)17-7-5-16(6-8-17)18-3-2-4-19(24)12-18/h2-8,11-13,20H,9-10,14H2,1H3. The van der Waals surface area contributed by atoms with Crippen LogP contribution >= 0.6 is 11.6 Å². The molecule has 29 heavy (non-hydrogen) atoms. The van der Waals surface area contributed by atoms with E-state index in [4.69, 9.17) is 20.8 Å². The number of carbonyl (C=O) groups excluding carboxylic acids is 1. The van der Waals surface area contributed by atoms with Crippen LogP contribution in [0.2, 0.25) is 5.02 Å². The number of halogens is 1. The molecule has 0 bridgehead atoms. The average molecular weight is 410 g/mol. The Morgan fingerprint density at radius 3 is 2.62 bits per heavy atom. The van der Waals surface area contributed by atoms with E-state index in [9.17, 15) is 9.59 Å². The van der Waals surface area contributed by atoms with E-state index in [0.29, 0.717) is 41.6 Å². The Morgan fingerprint density at radius 2 is 1.90 bits per heavy atom. The van der Waals surface area contributed by atoms with Crippen LogP contribution in [0.1, 0.15) is 22.5 Å². The van der Waals surface area contributed by atoms with E-state index < -0.39 is 5.63 Å². The Labute approximate surface area is 173 Å². The summed E-state index contributed by atoms with van der Waals surface area (Å²) in [5.41, 5.74) is 2.21. The number of carbonyl (C=O) groups is 1. The topological polar surface area (TPSA) is 59.8 Å². The molecule has 0 N–H and O–H groups in total. The second kappa shape index (κ2) is 8.13. The van der Waals surface area contributed by atoms with Crippen LogP contribution in [-0.2, 0) is 0 Å². The molecule has 1 aromatic heterocycles. The molecule has 1 aliphatic rings. The first-order valence-corrected chi connectivity index (χ1v) is 9.79. The van der Waals surface area contributed by atoms with Gasteiger partial charge in [-0.15, -0.1) is 0 Å². The Hall–Kier alpha value is -3.05. The summed E-state index contributed by atoms with van der Waals surface area (Å²) in [6.07, 6.45) is 0.567. The van der Waals surface area contributed by atoms with Gasteiger partial charge in [0.1, 0.15) is 17.6 Å². The summed E-state index contributed by atoms with van der Waals surface area (Å²) in [6.45, 7) is 2.79. The van der Waals surface area contributed by atoms with Gasteiger partial charge in [0, 0.05) is 29.6 Å². The van der Waals surface area contributed by atoms with Gasteiger partial charge in [0.15, 0.2) is 0 Å². The molecule has 6 heteroatoms. The highest BCUT2D eigenvalue weighted by atomic mass is 35.5. The molecule has 148 valence electrons. The van der Waals surface area contributed by atoms with E-state index in [1.807, 2.05) is 48.5 Å². The lowest BCUT2D eigenvalue weighted by molar-refractivity contribution is 0.0772. The number of hydrogen-bond acceptors (Lipinski definition) is 4. The number of nitrogens with zero attached hydrogens (tertiary/aromatic N) is 1. The van der Waals surface area contributed by atoms with Crippen molar-refractivity contribution in [2.24, 2.45) is 0 Å². The number of amides is 1. The Balaban J connectivity index is 1.41. The predicted octanol–water partition coefficient (Wildman–Crippen LogP) is 4.56. The van der Waals surface area contributed by atoms with Crippen LogP contribution in [0.4, 0.5) is 0 Å². The molecular formula is C23H20ClNO4. The maximum Gasteiger partial charge on any atom is 0.339 e. The number of aryl methyl sites for hydroxylation is 1. The van der Waals surface area contributed by atoms with Crippen LogP contribution in [0, 0.1) is 6.92 Å². The second-order valence-electron chi connectivity index (χ2n) is 7.09. The lowest BCUT2D eigenvalue weighted by Gasteiger charge is -2.17. The minimum Gasteiger partial charge on any atom is -0.488 e. The van der Waals surface area contributed by atoms with E-state index in [0.717, 1.165) is 11.1 Å². The number of likely N-dealkylation sites (tertiary alicyclic amines) is 1. The molecule has 4 rings (SSSR count). The molecule has 0 saturated carbocycles. The van der Waals surface area contributed by atoms with E-state index in [1.54, 1.807) is 17.9 Å². The Morgan fingerprint density at radius 1 is 1.10 bits per heavy atom. The highest BCUT2D eigenvalue weighted by Gasteiger charge is 2.28. The van der Waals surface area contributed by atoms with Crippen molar-refractivity contribution in [3.8, 4) is 16.9 Å². The zero-order chi connectivity index (χ0) is 20.4. The van der Waals surface area contributed by atoms with Gasteiger partial charge < -0.3 is 14.1 Å². The van der Waals surface area contributed by atoms with Gasteiger partial charge in [0.25, 0.3) is 5.91 Å². The fourth-order valence-electron chi connectivity index (χ4n) is 3.50. The van der Waals surface area contributed by atoms with Gasteiger partial charge in [-0.1, -0.05) is 35.9 Å². The first-order valence-electron chi connectivity index (χ1n) is 9.42. The predicted molar refractivity (Wildman–Crippen MR) is 112 cm³/mol. The largest absolute Gasteiger partial charge is 0.488 e. The van der Waals surface area contributed by atoms with Gasteiger partial charge in [0.2, 0.25) is 0 Å². The minimum absolute atomic E-state index is 0.0301. The van der Waals surface area contributed by atoms with E-state index >= 15 is 0 Å². The van der Waals surface area contributed by atoms with Crippen molar-refractivity contribution in [1.82, 2.24) is 4.90 Å². The molecule has 1 aliphatic heterocycles. The van der Waals surface area contributed by atoms with Crippen molar-refractivity contribution < 1.29 is 13.9 Å². The van der Waals surface area contributed by atoms with Crippen molar-refractivity contribution in [3.05, 3.63) is 87.4 Å². The van der Waals surface area contributed by atoms with Gasteiger partial charge in [0.05, 0.1) is 12.6 Å². The summed E-state index contributed by atoms with van der Waals surface area (Å²) in [6, 6.07) is 18.1. The van der Waals surface area contributed by atoms with E-state index in [-0.39, 0.29) is 12.0 Å². The maximum absolute atomic E-state index is 12.8. The van der Waals surface area contributed by atoms with Crippen molar-refractivity contribution in [1.29, 1.82) is 0 Å². The van der Waals surface area contributed by atoms with Gasteiger partial charge in [-0.3, -0.25) is 4.79 Å². The van der Waals surface area contributed by atoms with Crippen molar-refractivity contribution >= 4 is 17.5 Å². The number of benzene rings is 2. The Bertz CT molecular complexity index is 1090. The van der Waals surface area contributed by atoms with Gasteiger partial charge >= 0.3 is 5.63 Å². The summed E-state index contributed by atoms with van der Waals surface area (Å²) in [5.74, 6) is 0.944. The number of ether oxygens (including phenoxy) is 1. The summed E-state index contributed by atoms with van der Waals surface area (Å²) in [5, 5.41) is 0.678. The van der Waals surface area contributed by atoms with E-state index in [2.05, 4.69) is 0 Å². The summed E-state index contributed by atoms with van der Waals surface area (Å²) >= 11 is 6.06. The van der Waals surface area contributed by atoms with Crippen LogP contribution in [0.3, 0.4) is 0 Å². The van der Waals surface area contributed by atoms with Crippen LogP contribution in [0.5, 0.6) is 5.75 Å². The molecule has 1 atom stereocenters. The average Bonchev–Trinajstić information content (AvgIpc) is 3.15. The maximum atomic E-state index is 12.8. The normalized spacial score (nSPS) is 16.1. The molecule has 3 aromatic rings. The highest BCUT2D eigenvalue weighted by molar-refractivity contribution is 6.30. The van der Waals surface area contributed by atoms with Gasteiger partial charge in [-0.2, -0.15) is 0 Å². The van der Waals surface area contributed by atoms with Crippen LogP contribution < -0.4 is 10.4 Å². The summed E-state index contributed by atoms with van der Waals surface area (Å²) in [4.78, 5) is 26.1.